The van der Waals surface area contributed by atoms with E-state index >= 15 is 0 Å². The zero-order valence-corrected chi connectivity index (χ0v) is 16.3. The lowest BCUT2D eigenvalue weighted by atomic mass is 10.0. The number of rotatable bonds is 7. The number of hydrogen-bond donors (Lipinski definition) is 1. The van der Waals surface area contributed by atoms with Gasteiger partial charge in [0, 0.05) is 10.9 Å². The second-order valence-electron chi connectivity index (χ2n) is 6.62. The van der Waals surface area contributed by atoms with Crippen LogP contribution in [-0.2, 0) is 11.3 Å². The van der Waals surface area contributed by atoms with E-state index in [4.69, 9.17) is 15.5 Å². The van der Waals surface area contributed by atoms with E-state index in [2.05, 4.69) is 53.9 Å². The van der Waals surface area contributed by atoms with Gasteiger partial charge >= 0.3 is 0 Å². The summed E-state index contributed by atoms with van der Waals surface area (Å²) in [6, 6.07) is 28.7. The van der Waals surface area contributed by atoms with Crippen molar-refractivity contribution >= 4 is 11.3 Å². The van der Waals surface area contributed by atoms with Crippen molar-refractivity contribution in [2.45, 2.75) is 12.6 Å². The Kier molecular flexibility index (Phi) is 5.92. The fourth-order valence-corrected chi connectivity index (χ4v) is 3.82. The fraction of sp³-hybridized carbons (Fsp3) is 0.125. The lowest BCUT2D eigenvalue weighted by Crippen LogP contribution is -2.16. The maximum Gasteiger partial charge on any atom is 0.112 e. The number of aromatic nitrogens is 1. The highest BCUT2D eigenvalue weighted by Crippen LogP contribution is 2.27. The van der Waals surface area contributed by atoms with Crippen LogP contribution in [0.2, 0.25) is 0 Å². The molecule has 0 bridgehead atoms. The van der Waals surface area contributed by atoms with Gasteiger partial charge in [0.25, 0.3) is 0 Å². The van der Waals surface area contributed by atoms with E-state index in [1.165, 1.54) is 11.1 Å². The molecule has 4 heteroatoms. The fourth-order valence-electron chi connectivity index (χ4n) is 3.00. The molecule has 0 radical (unpaired) electrons. The summed E-state index contributed by atoms with van der Waals surface area (Å²) in [5, 5.41) is 2.96. The number of ether oxygens (including phenoxy) is 1. The van der Waals surface area contributed by atoms with Crippen LogP contribution in [0.25, 0.3) is 22.4 Å². The smallest absolute Gasteiger partial charge is 0.112 e. The molecule has 4 aromatic rings. The van der Waals surface area contributed by atoms with E-state index in [9.17, 15) is 0 Å². The van der Waals surface area contributed by atoms with Crippen molar-refractivity contribution in [1.29, 1.82) is 0 Å². The van der Waals surface area contributed by atoms with E-state index in [-0.39, 0.29) is 6.04 Å². The molecule has 28 heavy (non-hydrogen) atoms. The highest BCUT2D eigenvalue weighted by atomic mass is 32.1. The van der Waals surface area contributed by atoms with E-state index in [1.54, 1.807) is 11.3 Å². The molecule has 0 fully saturated rings. The van der Waals surface area contributed by atoms with E-state index in [0.717, 1.165) is 21.8 Å². The maximum atomic E-state index is 6.27. The minimum Gasteiger partial charge on any atom is -0.375 e. The van der Waals surface area contributed by atoms with Crippen LogP contribution >= 0.6 is 11.3 Å². The molecule has 0 aliphatic heterocycles. The second kappa shape index (κ2) is 8.93. The average molecular weight is 387 g/mol. The van der Waals surface area contributed by atoms with Crippen molar-refractivity contribution < 1.29 is 4.74 Å². The van der Waals surface area contributed by atoms with Gasteiger partial charge < -0.3 is 10.5 Å². The molecule has 1 atom stereocenters. The van der Waals surface area contributed by atoms with Gasteiger partial charge in [-0.1, -0.05) is 84.9 Å². The van der Waals surface area contributed by atoms with Gasteiger partial charge in [-0.05, 0) is 16.7 Å². The Bertz CT molecular complexity index is 998. The highest BCUT2D eigenvalue weighted by molar-refractivity contribution is 7.10. The first-order chi connectivity index (χ1) is 13.8. The molecule has 3 nitrogen and oxygen atoms in total. The summed E-state index contributed by atoms with van der Waals surface area (Å²) in [6.07, 6.45) is 0. The minimum absolute atomic E-state index is 0.217. The first kappa shape index (κ1) is 18.6. The zero-order chi connectivity index (χ0) is 19.2. The van der Waals surface area contributed by atoms with Crippen molar-refractivity contribution in [2.24, 2.45) is 5.73 Å². The Morgan fingerprint density at radius 3 is 2.11 bits per heavy atom. The van der Waals surface area contributed by atoms with Crippen molar-refractivity contribution in [1.82, 2.24) is 4.98 Å². The van der Waals surface area contributed by atoms with Gasteiger partial charge in [0.05, 0.1) is 24.9 Å². The molecule has 1 unspecified atom stereocenters. The Labute approximate surface area is 169 Å². The van der Waals surface area contributed by atoms with E-state index in [0.29, 0.717) is 13.2 Å². The second-order valence-corrected chi connectivity index (χ2v) is 7.51. The maximum absolute atomic E-state index is 6.27. The van der Waals surface area contributed by atoms with Gasteiger partial charge in [-0.15, -0.1) is 11.3 Å². The normalized spacial score (nSPS) is 12.0. The van der Waals surface area contributed by atoms with Gasteiger partial charge in [-0.25, -0.2) is 4.98 Å². The third-order valence-corrected chi connectivity index (χ3v) is 5.51. The zero-order valence-electron chi connectivity index (χ0n) is 15.5. The van der Waals surface area contributed by atoms with Crippen LogP contribution in [0.15, 0.2) is 90.3 Å². The van der Waals surface area contributed by atoms with Crippen LogP contribution in [0, 0.1) is 0 Å². The van der Waals surface area contributed by atoms with Crippen molar-refractivity contribution in [3.8, 4) is 22.4 Å². The summed E-state index contributed by atoms with van der Waals surface area (Å²) >= 11 is 1.58. The molecule has 0 spiro atoms. The molecule has 140 valence electrons. The van der Waals surface area contributed by atoms with E-state index < -0.39 is 0 Å². The van der Waals surface area contributed by atoms with Gasteiger partial charge in [0.1, 0.15) is 5.01 Å². The summed E-state index contributed by atoms with van der Waals surface area (Å²) in [5.41, 5.74) is 11.9. The van der Waals surface area contributed by atoms with Gasteiger partial charge in [0.2, 0.25) is 0 Å². The van der Waals surface area contributed by atoms with Crippen LogP contribution in [0.5, 0.6) is 0 Å². The number of nitrogens with zero attached hydrogens (tertiary/aromatic N) is 1. The molecule has 2 N–H and O–H groups in total. The third-order valence-electron chi connectivity index (χ3n) is 4.54. The molecule has 0 amide bonds. The standard InChI is InChI=1S/C24H22N2OS/c25-22(16-27-15-18-7-3-1-4-8-18)24-26-23(17-28-24)21-13-11-20(12-14-21)19-9-5-2-6-10-19/h1-14,17,22H,15-16,25H2. The topological polar surface area (TPSA) is 48.1 Å². The Hall–Kier alpha value is -2.79. The Balaban J connectivity index is 1.38. The quantitative estimate of drug-likeness (QED) is 0.444. The molecular weight excluding hydrogens is 364 g/mol. The summed E-state index contributed by atoms with van der Waals surface area (Å²) in [5.74, 6) is 0. The van der Waals surface area contributed by atoms with Crippen molar-refractivity contribution in [3.63, 3.8) is 0 Å². The SMILES string of the molecule is NC(COCc1ccccc1)c1nc(-c2ccc(-c3ccccc3)cc2)cs1. The van der Waals surface area contributed by atoms with Crippen LogP contribution in [0.1, 0.15) is 16.6 Å². The predicted molar refractivity (Wildman–Crippen MR) is 116 cm³/mol. The summed E-state index contributed by atoms with van der Waals surface area (Å²) in [4.78, 5) is 4.72. The van der Waals surface area contributed by atoms with Crippen LogP contribution in [0.4, 0.5) is 0 Å². The van der Waals surface area contributed by atoms with Gasteiger partial charge in [-0.3, -0.25) is 0 Å². The first-order valence-electron chi connectivity index (χ1n) is 9.28. The van der Waals surface area contributed by atoms with Crippen LogP contribution < -0.4 is 5.73 Å². The molecule has 1 heterocycles. The molecule has 1 aromatic heterocycles. The molecule has 0 aliphatic carbocycles. The Morgan fingerprint density at radius 1 is 0.786 bits per heavy atom. The number of nitrogens with two attached hydrogens (primary N) is 1. The molecule has 3 aromatic carbocycles. The van der Waals surface area contributed by atoms with Gasteiger partial charge in [-0.2, -0.15) is 0 Å². The van der Waals surface area contributed by atoms with Crippen molar-refractivity contribution in [3.05, 3.63) is 101 Å². The molecule has 0 saturated carbocycles. The lowest BCUT2D eigenvalue weighted by Gasteiger charge is -2.09. The number of benzene rings is 3. The average Bonchev–Trinajstić information content (AvgIpc) is 3.26. The van der Waals surface area contributed by atoms with Crippen LogP contribution in [-0.4, -0.2) is 11.6 Å². The van der Waals surface area contributed by atoms with Gasteiger partial charge in [0.15, 0.2) is 0 Å². The number of hydrogen-bond acceptors (Lipinski definition) is 4. The molecule has 4 rings (SSSR count). The number of thiazole rings is 1. The molecule has 0 aliphatic rings. The highest BCUT2D eigenvalue weighted by Gasteiger charge is 2.12. The summed E-state index contributed by atoms with van der Waals surface area (Å²) < 4.78 is 5.76. The third kappa shape index (κ3) is 4.54. The monoisotopic (exact) mass is 386 g/mol. The van der Waals surface area contributed by atoms with Crippen molar-refractivity contribution in [2.75, 3.05) is 6.61 Å². The van der Waals surface area contributed by atoms with E-state index in [1.807, 2.05) is 36.4 Å². The summed E-state index contributed by atoms with van der Waals surface area (Å²) in [6.45, 7) is 1.02. The largest absolute Gasteiger partial charge is 0.375 e. The minimum atomic E-state index is -0.217. The van der Waals surface area contributed by atoms with Crippen LogP contribution in [0.3, 0.4) is 0 Å². The molecular formula is C24H22N2OS. The molecule has 0 saturated heterocycles. The summed E-state index contributed by atoms with van der Waals surface area (Å²) in [7, 11) is 0. The predicted octanol–water partition coefficient (Wildman–Crippen LogP) is 5.69. The first-order valence-corrected chi connectivity index (χ1v) is 10.2. The Morgan fingerprint density at radius 2 is 1.39 bits per heavy atom. The lowest BCUT2D eigenvalue weighted by molar-refractivity contribution is 0.108.